The topological polar surface area (TPSA) is 81.7 Å². The van der Waals surface area contributed by atoms with Crippen LogP contribution in [-0.2, 0) is 16.0 Å². The van der Waals surface area contributed by atoms with Gasteiger partial charge in [-0.3, -0.25) is 19.7 Å². The Morgan fingerprint density at radius 2 is 1.86 bits per heavy atom. The highest BCUT2D eigenvalue weighted by molar-refractivity contribution is 8.18. The van der Waals surface area contributed by atoms with Crippen molar-refractivity contribution >= 4 is 35.0 Å². The summed E-state index contributed by atoms with van der Waals surface area (Å²) < 4.78 is 11.0. The van der Waals surface area contributed by atoms with E-state index in [0.717, 1.165) is 22.9 Å². The van der Waals surface area contributed by atoms with Gasteiger partial charge in [0.25, 0.3) is 11.1 Å². The van der Waals surface area contributed by atoms with Crippen molar-refractivity contribution in [3.05, 3.63) is 64.1 Å². The third kappa shape index (κ3) is 5.01. The molecule has 1 aliphatic heterocycles. The molecule has 1 fully saturated rings. The minimum Gasteiger partial charge on any atom is -0.490 e. The van der Waals surface area contributed by atoms with Gasteiger partial charge in [0, 0.05) is 0 Å². The van der Waals surface area contributed by atoms with Crippen LogP contribution in [0.25, 0.3) is 6.08 Å². The van der Waals surface area contributed by atoms with E-state index in [1.165, 1.54) is 0 Å². The van der Waals surface area contributed by atoms with E-state index in [2.05, 4.69) is 5.32 Å². The average molecular weight is 397 g/mol. The largest absolute Gasteiger partial charge is 0.490 e. The molecule has 0 aliphatic carbocycles. The average Bonchev–Trinajstić information content (AvgIpc) is 2.96. The summed E-state index contributed by atoms with van der Waals surface area (Å²) in [6, 6.07) is 12.6. The fraction of sp³-hybridized carbons (Fsp3) is 0.190. The lowest BCUT2D eigenvalue weighted by Crippen LogP contribution is -2.17. The highest BCUT2D eigenvalue weighted by Crippen LogP contribution is 2.32. The van der Waals surface area contributed by atoms with E-state index in [-0.39, 0.29) is 6.42 Å². The van der Waals surface area contributed by atoms with Crippen molar-refractivity contribution in [3.8, 4) is 11.5 Å². The molecule has 0 atom stereocenters. The number of hydrogen-bond donors (Lipinski definition) is 1. The van der Waals surface area contributed by atoms with E-state index in [1.54, 1.807) is 24.3 Å². The van der Waals surface area contributed by atoms with E-state index in [0.29, 0.717) is 28.6 Å². The van der Waals surface area contributed by atoms with E-state index < -0.39 is 17.1 Å². The second kappa shape index (κ2) is 8.75. The zero-order valence-electron chi connectivity index (χ0n) is 15.5. The molecule has 1 N–H and O–H groups in total. The molecule has 1 saturated heterocycles. The van der Waals surface area contributed by atoms with Crippen molar-refractivity contribution in [3.63, 3.8) is 0 Å². The molecule has 0 radical (unpaired) electrons. The van der Waals surface area contributed by atoms with Crippen LogP contribution < -0.4 is 14.8 Å². The minimum atomic E-state index is -0.429. The van der Waals surface area contributed by atoms with Gasteiger partial charge in [-0.15, -0.1) is 0 Å². The first kappa shape index (κ1) is 19.7. The lowest BCUT2D eigenvalue weighted by Gasteiger charge is -2.11. The minimum absolute atomic E-state index is 0.149. The fourth-order valence-electron chi connectivity index (χ4n) is 2.57. The van der Waals surface area contributed by atoms with Crippen LogP contribution in [0.5, 0.6) is 11.5 Å². The van der Waals surface area contributed by atoms with Crippen molar-refractivity contribution in [1.29, 1.82) is 0 Å². The summed E-state index contributed by atoms with van der Waals surface area (Å²) in [4.78, 5) is 35.5. The summed E-state index contributed by atoms with van der Waals surface area (Å²) in [5.41, 5.74) is 2.65. The standard InChI is InChI=1S/C21H19NO5S/c1-3-26-17-10-15(11-18-20(24)22-21(25)28-18)8-9-16(17)27-19(23)12-14-6-4-13(2)5-7-14/h4-11H,3,12H2,1-2H3,(H,22,24,25). The van der Waals surface area contributed by atoms with Crippen LogP contribution in [0.1, 0.15) is 23.6 Å². The molecule has 0 unspecified atom stereocenters. The smallest absolute Gasteiger partial charge is 0.315 e. The Morgan fingerprint density at radius 3 is 2.50 bits per heavy atom. The van der Waals surface area contributed by atoms with E-state index in [9.17, 15) is 14.4 Å². The van der Waals surface area contributed by atoms with Gasteiger partial charge in [0.1, 0.15) is 0 Å². The quantitative estimate of drug-likeness (QED) is 0.453. The first-order chi connectivity index (χ1) is 13.4. The molecule has 0 aromatic heterocycles. The maximum absolute atomic E-state index is 12.3. The highest BCUT2D eigenvalue weighted by atomic mass is 32.2. The lowest BCUT2D eigenvalue weighted by atomic mass is 10.1. The van der Waals surface area contributed by atoms with Gasteiger partial charge in [-0.2, -0.15) is 0 Å². The van der Waals surface area contributed by atoms with Crippen molar-refractivity contribution in [1.82, 2.24) is 5.32 Å². The van der Waals surface area contributed by atoms with Gasteiger partial charge in [0.15, 0.2) is 11.5 Å². The second-order valence-electron chi connectivity index (χ2n) is 6.13. The monoisotopic (exact) mass is 397 g/mol. The van der Waals surface area contributed by atoms with Gasteiger partial charge >= 0.3 is 5.97 Å². The van der Waals surface area contributed by atoms with E-state index >= 15 is 0 Å². The lowest BCUT2D eigenvalue weighted by molar-refractivity contribution is -0.133. The number of thioether (sulfide) groups is 1. The van der Waals surface area contributed by atoms with Gasteiger partial charge in [0.05, 0.1) is 17.9 Å². The summed E-state index contributed by atoms with van der Waals surface area (Å²) in [5, 5.41) is 1.81. The molecular formula is C21H19NO5S. The number of carbonyl (C=O) groups excluding carboxylic acids is 3. The van der Waals surface area contributed by atoms with Crippen molar-refractivity contribution in [2.75, 3.05) is 6.61 Å². The number of benzene rings is 2. The first-order valence-electron chi connectivity index (χ1n) is 8.72. The number of imide groups is 1. The third-order valence-corrected chi connectivity index (χ3v) is 4.71. The van der Waals surface area contributed by atoms with Crippen molar-refractivity contribution in [2.24, 2.45) is 0 Å². The van der Waals surface area contributed by atoms with Crippen LogP contribution in [0.15, 0.2) is 47.4 Å². The number of hydrogen-bond acceptors (Lipinski definition) is 6. The predicted octanol–water partition coefficient (Wildman–Crippen LogP) is 3.87. The number of carbonyl (C=O) groups is 3. The molecule has 2 aromatic carbocycles. The number of rotatable bonds is 6. The van der Waals surface area contributed by atoms with Crippen molar-refractivity contribution in [2.45, 2.75) is 20.3 Å². The molecule has 3 rings (SSSR count). The first-order valence-corrected chi connectivity index (χ1v) is 9.54. The Labute approximate surface area is 166 Å². The normalized spacial score (nSPS) is 14.9. The van der Waals surface area contributed by atoms with Crippen LogP contribution in [-0.4, -0.2) is 23.7 Å². The molecule has 0 bridgehead atoms. The Morgan fingerprint density at radius 1 is 1.11 bits per heavy atom. The number of ether oxygens (including phenoxy) is 2. The van der Waals surface area contributed by atoms with Crippen LogP contribution in [0, 0.1) is 6.92 Å². The van der Waals surface area contributed by atoms with E-state index in [1.807, 2.05) is 38.1 Å². The highest BCUT2D eigenvalue weighted by Gasteiger charge is 2.25. The Kier molecular flexibility index (Phi) is 6.16. The number of aryl methyl sites for hydroxylation is 1. The number of esters is 1. The van der Waals surface area contributed by atoms with Crippen LogP contribution in [0.3, 0.4) is 0 Å². The summed E-state index contributed by atoms with van der Waals surface area (Å²) in [7, 11) is 0. The number of amides is 2. The molecule has 7 heteroatoms. The third-order valence-electron chi connectivity index (χ3n) is 3.90. The molecular weight excluding hydrogens is 378 g/mol. The predicted molar refractivity (Wildman–Crippen MR) is 107 cm³/mol. The summed E-state index contributed by atoms with van der Waals surface area (Å²) in [6.07, 6.45) is 1.74. The van der Waals surface area contributed by atoms with Crippen LogP contribution in [0.4, 0.5) is 4.79 Å². The zero-order valence-corrected chi connectivity index (χ0v) is 16.3. The molecule has 28 heavy (non-hydrogen) atoms. The van der Waals surface area contributed by atoms with Gasteiger partial charge in [-0.1, -0.05) is 35.9 Å². The van der Waals surface area contributed by atoms with Gasteiger partial charge < -0.3 is 9.47 Å². The van der Waals surface area contributed by atoms with Crippen LogP contribution >= 0.6 is 11.8 Å². The molecule has 144 valence electrons. The molecule has 2 aromatic rings. The summed E-state index contributed by atoms with van der Waals surface area (Å²) in [5.74, 6) is -0.127. The Bertz CT molecular complexity index is 950. The van der Waals surface area contributed by atoms with E-state index in [4.69, 9.17) is 9.47 Å². The fourth-order valence-corrected chi connectivity index (χ4v) is 3.25. The van der Waals surface area contributed by atoms with Crippen LogP contribution in [0.2, 0.25) is 0 Å². The number of nitrogens with one attached hydrogen (secondary N) is 1. The molecule has 1 aliphatic rings. The Balaban J connectivity index is 1.76. The van der Waals surface area contributed by atoms with Gasteiger partial charge in [-0.05, 0) is 54.9 Å². The Hall–Kier alpha value is -3.06. The molecule has 0 saturated carbocycles. The molecule has 2 amide bonds. The zero-order chi connectivity index (χ0) is 20.1. The van der Waals surface area contributed by atoms with Gasteiger partial charge in [-0.25, -0.2) is 0 Å². The molecule has 6 nitrogen and oxygen atoms in total. The van der Waals surface area contributed by atoms with Gasteiger partial charge in [0.2, 0.25) is 0 Å². The van der Waals surface area contributed by atoms with Crippen molar-refractivity contribution < 1.29 is 23.9 Å². The SMILES string of the molecule is CCOc1cc(C=C2SC(=O)NC2=O)ccc1OC(=O)Cc1ccc(C)cc1. The maximum atomic E-state index is 12.3. The summed E-state index contributed by atoms with van der Waals surface area (Å²) in [6.45, 7) is 4.19. The summed E-state index contributed by atoms with van der Waals surface area (Å²) >= 11 is 0.840. The second-order valence-corrected chi connectivity index (χ2v) is 7.14. The maximum Gasteiger partial charge on any atom is 0.315 e. The molecule has 0 spiro atoms. The molecule has 1 heterocycles.